The molecule has 1 amide bonds. The van der Waals surface area contributed by atoms with E-state index in [1.807, 2.05) is 26.0 Å². The van der Waals surface area contributed by atoms with Gasteiger partial charge in [0, 0.05) is 11.4 Å². The quantitative estimate of drug-likeness (QED) is 0.555. The molecule has 0 saturated carbocycles. The molecule has 0 aromatic heterocycles. The van der Waals surface area contributed by atoms with Gasteiger partial charge in [0.25, 0.3) is 0 Å². The van der Waals surface area contributed by atoms with Crippen molar-refractivity contribution in [3.8, 4) is 5.75 Å². The summed E-state index contributed by atoms with van der Waals surface area (Å²) >= 11 is 0. The van der Waals surface area contributed by atoms with Crippen molar-refractivity contribution in [1.29, 1.82) is 0 Å². The Balaban J connectivity index is 1.84. The Bertz CT molecular complexity index is 728. The predicted molar refractivity (Wildman–Crippen MR) is 97.3 cm³/mol. The average Bonchev–Trinajstić information content (AvgIpc) is 2.56. The Labute approximate surface area is 145 Å². The van der Waals surface area contributed by atoms with E-state index in [-0.39, 0.29) is 30.3 Å². The van der Waals surface area contributed by atoms with E-state index in [1.165, 1.54) is 24.3 Å². The van der Waals surface area contributed by atoms with Gasteiger partial charge in [-0.25, -0.2) is 9.38 Å². The zero-order valence-electron chi connectivity index (χ0n) is 14.1. The molecule has 0 atom stereocenters. The number of guanidine groups is 1. The Kier molecular flexibility index (Phi) is 6.33. The first-order chi connectivity index (χ1) is 11.9. The predicted octanol–water partition coefficient (Wildman–Crippen LogP) is 2.98. The molecule has 6 nitrogen and oxygen atoms in total. The number of hydrogen-bond acceptors (Lipinski definition) is 3. The number of carbonyl (C=O) groups is 1. The highest BCUT2D eigenvalue weighted by molar-refractivity contribution is 5.97. The number of amides is 1. The SMILES string of the molecule is CC(C)Oc1ccc(NC(N)=NCC(=O)Nc2ccc(F)cc2)cc1. The summed E-state index contributed by atoms with van der Waals surface area (Å²) in [6.45, 7) is 3.76. The summed E-state index contributed by atoms with van der Waals surface area (Å²) < 4.78 is 18.4. The van der Waals surface area contributed by atoms with Crippen molar-refractivity contribution in [2.24, 2.45) is 10.7 Å². The summed E-state index contributed by atoms with van der Waals surface area (Å²) in [6.07, 6.45) is 0.102. The van der Waals surface area contributed by atoms with Gasteiger partial charge in [0.05, 0.1) is 6.10 Å². The monoisotopic (exact) mass is 344 g/mol. The zero-order chi connectivity index (χ0) is 18.2. The van der Waals surface area contributed by atoms with Crippen LogP contribution in [-0.4, -0.2) is 24.5 Å². The molecule has 0 aliphatic carbocycles. The topological polar surface area (TPSA) is 88.7 Å². The van der Waals surface area contributed by atoms with E-state index in [0.29, 0.717) is 5.69 Å². The fourth-order valence-corrected chi connectivity index (χ4v) is 1.97. The average molecular weight is 344 g/mol. The molecule has 132 valence electrons. The highest BCUT2D eigenvalue weighted by atomic mass is 19.1. The van der Waals surface area contributed by atoms with Crippen LogP contribution in [-0.2, 0) is 4.79 Å². The van der Waals surface area contributed by atoms with Gasteiger partial charge in [0.2, 0.25) is 5.91 Å². The molecule has 0 radical (unpaired) electrons. The molecule has 0 heterocycles. The Morgan fingerprint density at radius 2 is 1.64 bits per heavy atom. The van der Waals surface area contributed by atoms with Gasteiger partial charge in [-0.3, -0.25) is 4.79 Å². The first-order valence-electron chi connectivity index (χ1n) is 7.81. The first kappa shape index (κ1) is 18.3. The van der Waals surface area contributed by atoms with Crippen LogP contribution in [0.15, 0.2) is 53.5 Å². The molecular formula is C18H21FN4O2. The normalized spacial score (nSPS) is 11.3. The number of anilines is 2. The molecule has 7 heteroatoms. The van der Waals surface area contributed by atoms with Crippen LogP contribution >= 0.6 is 0 Å². The third-order valence-electron chi connectivity index (χ3n) is 3.02. The first-order valence-corrected chi connectivity index (χ1v) is 7.81. The highest BCUT2D eigenvalue weighted by Gasteiger charge is 2.03. The van der Waals surface area contributed by atoms with Gasteiger partial charge in [-0.1, -0.05) is 0 Å². The maximum atomic E-state index is 12.8. The number of nitrogens with zero attached hydrogens (tertiary/aromatic N) is 1. The fourth-order valence-electron chi connectivity index (χ4n) is 1.97. The van der Waals surface area contributed by atoms with Crippen molar-refractivity contribution < 1.29 is 13.9 Å². The van der Waals surface area contributed by atoms with Crippen molar-refractivity contribution in [1.82, 2.24) is 0 Å². The zero-order valence-corrected chi connectivity index (χ0v) is 14.1. The maximum absolute atomic E-state index is 12.8. The molecule has 2 aromatic rings. The van der Waals surface area contributed by atoms with E-state index >= 15 is 0 Å². The lowest BCUT2D eigenvalue weighted by Crippen LogP contribution is -2.25. The summed E-state index contributed by atoms with van der Waals surface area (Å²) in [6, 6.07) is 12.7. The molecule has 0 fully saturated rings. The van der Waals surface area contributed by atoms with E-state index in [9.17, 15) is 9.18 Å². The van der Waals surface area contributed by atoms with Crippen LogP contribution in [0.5, 0.6) is 5.75 Å². The molecular weight excluding hydrogens is 323 g/mol. The number of nitrogens with two attached hydrogens (primary N) is 1. The van der Waals surface area contributed by atoms with Gasteiger partial charge in [0.15, 0.2) is 5.96 Å². The standard InChI is InChI=1S/C18H21FN4O2/c1-12(2)25-16-9-7-15(8-10-16)23-18(20)21-11-17(24)22-14-5-3-13(19)4-6-14/h3-10,12H,11H2,1-2H3,(H,22,24)(H3,20,21,23). The summed E-state index contributed by atoms with van der Waals surface area (Å²) in [5.74, 6) is 0.160. The summed E-state index contributed by atoms with van der Waals surface area (Å²) in [7, 11) is 0. The van der Waals surface area contributed by atoms with Gasteiger partial charge < -0.3 is 21.1 Å². The number of carbonyl (C=O) groups excluding carboxylic acids is 1. The van der Waals surface area contributed by atoms with Crippen LogP contribution in [0.1, 0.15) is 13.8 Å². The van der Waals surface area contributed by atoms with Crippen LogP contribution in [0.25, 0.3) is 0 Å². The largest absolute Gasteiger partial charge is 0.491 e. The van der Waals surface area contributed by atoms with Gasteiger partial charge in [-0.15, -0.1) is 0 Å². The lowest BCUT2D eigenvalue weighted by atomic mass is 10.3. The van der Waals surface area contributed by atoms with Crippen LogP contribution in [0, 0.1) is 5.82 Å². The molecule has 0 saturated heterocycles. The smallest absolute Gasteiger partial charge is 0.246 e. The lowest BCUT2D eigenvalue weighted by molar-refractivity contribution is -0.114. The van der Waals surface area contributed by atoms with Gasteiger partial charge >= 0.3 is 0 Å². The third-order valence-corrected chi connectivity index (χ3v) is 3.02. The highest BCUT2D eigenvalue weighted by Crippen LogP contribution is 2.16. The van der Waals surface area contributed by atoms with Crippen LogP contribution in [0.4, 0.5) is 15.8 Å². The molecule has 4 N–H and O–H groups in total. The second-order valence-electron chi connectivity index (χ2n) is 5.57. The summed E-state index contributed by atoms with van der Waals surface area (Å²) in [5, 5.41) is 5.49. The molecule has 25 heavy (non-hydrogen) atoms. The third kappa shape index (κ3) is 6.50. The number of rotatable bonds is 6. The van der Waals surface area contributed by atoms with E-state index in [0.717, 1.165) is 11.4 Å². The molecule has 2 aromatic carbocycles. The number of nitrogens with one attached hydrogen (secondary N) is 2. The van der Waals surface area contributed by atoms with Crippen molar-refractivity contribution in [3.63, 3.8) is 0 Å². The van der Waals surface area contributed by atoms with E-state index in [2.05, 4.69) is 15.6 Å². The minimum atomic E-state index is -0.366. The number of aliphatic imine (C=N–C) groups is 1. The number of hydrogen-bond donors (Lipinski definition) is 3. The maximum Gasteiger partial charge on any atom is 0.246 e. The van der Waals surface area contributed by atoms with E-state index in [1.54, 1.807) is 12.1 Å². The van der Waals surface area contributed by atoms with Gasteiger partial charge in [-0.2, -0.15) is 0 Å². The van der Waals surface area contributed by atoms with Crippen molar-refractivity contribution in [2.75, 3.05) is 17.2 Å². The molecule has 0 aliphatic heterocycles. The lowest BCUT2D eigenvalue weighted by Gasteiger charge is -2.11. The fraction of sp³-hybridized carbons (Fsp3) is 0.222. The minimum Gasteiger partial charge on any atom is -0.491 e. The Morgan fingerprint density at radius 1 is 1.08 bits per heavy atom. The van der Waals surface area contributed by atoms with Crippen molar-refractivity contribution in [2.45, 2.75) is 20.0 Å². The van der Waals surface area contributed by atoms with Crippen LogP contribution in [0.3, 0.4) is 0 Å². The second-order valence-corrected chi connectivity index (χ2v) is 5.57. The number of benzene rings is 2. The summed E-state index contributed by atoms with van der Waals surface area (Å²) in [5.41, 5.74) is 6.99. The Hall–Kier alpha value is -3.09. The molecule has 2 rings (SSSR count). The Morgan fingerprint density at radius 3 is 2.24 bits per heavy atom. The van der Waals surface area contributed by atoms with Gasteiger partial charge in [-0.05, 0) is 62.4 Å². The van der Waals surface area contributed by atoms with Gasteiger partial charge in [0.1, 0.15) is 18.1 Å². The molecule has 0 aliphatic rings. The second kappa shape index (κ2) is 8.68. The van der Waals surface area contributed by atoms with Crippen molar-refractivity contribution >= 4 is 23.2 Å². The molecule has 0 unspecified atom stereocenters. The number of halogens is 1. The molecule has 0 spiro atoms. The van der Waals surface area contributed by atoms with E-state index in [4.69, 9.17) is 10.5 Å². The van der Waals surface area contributed by atoms with Crippen LogP contribution < -0.4 is 21.1 Å². The minimum absolute atomic E-state index is 0.102. The van der Waals surface area contributed by atoms with E-state index < -0.39 is 0 Å². The van der Waals surface area contributed by atoms with Crippen molar-refractivity contribution in [3.05, 3.63) is 54.3 Å². The molecule has 0 bridgehead atoms. The van der Waals surface area contributed by atoms with Crippen LogP contribution in [0.2, 0.25) is 0 Å². The number of ether oxygens (including phenoxy) is 1. The summed E-state index contributed by atoms with van der Waals surface area (Å²) in [4.78, 5) is 15.8.